The SMILES string of the molecule is CC.CC.CC.CC.CN(C)CCN(C)C(=O)[C@@H]1C2CCC(C2)[C@@H]1C(=O)C(C)(C)C.CN(C)CCN(C)C(=O)[C@@H]1C2CCC(C2)[C@@H]1C(=O)C(C)(C)C.CN(C)CCN(C)C(=O)[C@H]1C2CCC(C2)[C@H]1C(=O)C(C)(C)C.CN(C)CCN(C)C(=O)[C@H]1C2CCC(C2)[C@H]1C(=O)C(C)(C)C.CN(CC1CCCN1C)C(=O)c1ccccc1CC(=O)C(C)(C)C.CN(CCN1CCCCC1)C(=O)c1ccccc1CC(=O)C(C)(C)C. The van der Waals surface area contributed by atoms with Crippen LogP contribution in [0.25, 0.3) is 0 Å². The van der Waals surface area contributed by atoms with Crippen molar-refractivity contribution in [2.24, 2.45) is 127 Å². The van der Waals surface area contributed by atoms with Gasteiger partial charge < -0.3 is 58.8 Å². The third kappa shape index (κ3) is 38.7. The number of rotatable bonds is 31. The summed E-state index contributed by atoms with van der Waals surface area (Å²) in [6.07, 6.45) is 20.1. The predicted molar refractivity (Wildman–Crippen MR) is 598 cm³/mol. The van der Waals surface area contributed by atoms with E-state index >= 15 is 0 Å². The fraction of sp³-hybridized carbons (Fsp3) is 0.802. The number of benzene rings is 2. The number of likely N-dealkylation sites (tertiary alicyclic amines) is 2. The van der Waals surface area contributed by atoms with Gasteiger partial charge in [0, 0.05) is 200 Å². The molecule has 8 bridgehead atoms. The first-order valence-corrected chi connectivity index (χ1v) is 56.4. The first-order chi connectivity index (χ1) is 67.5. The molecule has 0 N–H and O–H groups in total. The lowest BCUT2D eigenvalue weighted by molar-refractivity contribution is -0.145. The fourth-order valence-corrected chi connectivity index (χ4v) is 23.2. The van der Waals surface area contributed by atoms with Crippen LogP contribution in [0.1, 0.15) is 321 Å². The molecule has 12 rings (SSSR count). The van der Waals surface area contributed by atoms with Crippen molar-refractivity contribution in [3.63, 3.8) is 0 Å². The van der Waals surface area contributed by atoms with Gasteiger partial charge in [-0.3, -0.25) is 57.5 Å². The topological polar surface area (TPSA) is 244 Å². The first kappa shape index (κ1) is 132. The number of fused-ring (bicyclic) bond motifs is 8. The van der Waals surface area contributed by atoms with Crippen LogP contribution >= 0.6 is 0 Å². The number of likely N-dealkylation sites (N-methyl/N-ethyl adjacent to an activating group) is 11. The second-order valence-electron chi connectivity index (χ2n) is 50.4. The van der Waals surface area contributed by atoms with Crippen molar-refractivity contribution >= 4 is 70.1 Å². The highest BCUT2D eigenvalue weighted by Crippen LogP contribution is 2.59. The molecule has 10 aliphatic rings. The van der Waals surface area contributed by atoms with E-state index in [1.807, 2.05) is 347 Å². The lowest BCUT2D eigenvalue weighted by Crippen LogP contribution is -2.46. The number of hydrogen-bond acceptors (Lipinski definition) is 18. The van der Waals surface area contributed by atoms with Crippen molar-refractivity contribution in [1.82, 2.24) is 58.8 Å². The Labute approximate surface area is 884 Å². The molecule has 2 saturated heterocycles. The van der Waals surface area contributed by atoms with Crippen LogP contribution in [0, 0.1) is 127 Å². The second kappa shape index (κ2) is 60.3. The van der Waals surface area contributed by atoms with E-state index in [4.69, 9.17) is 0 Å². The smallest absolute Gasteiger partial charge is 0.253 e. The summed E-state index contributed by atoms with van der Waals surface area (Å²) in [5.41, 5.74) is 0.772. The zero-order valence-corrected chi connectivity index (χ0v) is 100. The van der Waals surface area contributed by atoms with Crippen LogP contribution in [0.3, 0.4) is 0 Å². The van der Waals surface area contributed by atoms with Gasteiger partial charge in [0.25, 0.3) is 11.8 Å². The Hall–Kier alpha value is -6.96. The molecule has 2 aliphatic heterocycles. The van der Waals surface area contributed by atoms with Crippen LogP contribution < -0.4 is 0 Å². The summed E-state index contributed by atoms with van der Waals surface area (Å²) in [6.45, 7) is 63.5. The largest absolute Gasteiger partial charge is 0.344 e. The molecule has 17 atom stereocenters. The Balaban J connectivity index is 0.000000441. The molecule has 10 fully saturated rings. The number of nitrogens with zero attached hydrogens (tertiary/aromatic N) is 12. The second-order valence-corrected chi connectivity index (χ2v) is 50.4. The van der Waals surface area contributed by atoms with Gasteiger partial charge >= 0.3 is 0 Å². The molecule has 145 heavy (non-hydrogen) atoms. The van der Waals surface area contributed by atoms with Crippen molar-refractivity contribution in [1.29, 1.82) is 0 Å². The van der Waals surface area contributed by atoms with E-state index < -0.39 is 10.8 Å². The maximum Gasteiger partial charge on any atom is 0.253 e. The molecule has 0 spiro atoms. The van der Waals surface area contributed by atoms with Crippen molar-refractivity contribution in [2.45, 2.75) is 308 Å². The summed E-state index contributed by atoms with van der Waals surface area (Å²) in [4.78, 5) is 178. The average molecular weight is 2030 g/mol. The maximum atomic E-state index is 12.9. The number of Topliss-reactive ketones (excluding diaryl/α,β-unsaturated/α-hetero) is 6. The minimum atomic E-state index is -0.394. The molecular weight excluding hydrogens is 1810 g/mol. The number of carbonyl (C=O) groups excluding carboxylic acids is 12. The predicted octanol–water partition coefficient (Wildman–Crippen LogP) is 19.7. The van der Waals surface area contributed by atoms with Crippen LogP contribution in [0.4, 0.5) is 0 Å². The van der Waals surface area contributed by atoms with Crippen molar-refractivity contribution in [3.05, 3.63) is 70.8 Å². The number of piperidine rings is 1. The van der Waals surface area contributed by atoms with E-state index in [0.29, 0.717) is 100 Å². The van der Waals surface area contributed by atoms with Gasteiger partial charge in [-0.1, -0.05) is 223 Å². The normalized spacial score (nSPS) is 24.7. The van der Waals surface area contributed by atoms with Gasteiger partial charge in [0.05, 0.1) is 23.7 Å². The number of amides is 6. The quantitative estimate of drug-likeness (QED) is 0.0681. The van der Waals surface area contributed by atoms with Crippen LogP contribution in [-0.4, -0.2) is 332 Å². The molecule has 8 aliphatic carbocycles. The maximum absolute atomic E-state index is 12.9. The lowest BCUT2D eigenvalue weighted by atomic mass is 9.70. The Morgan fingerprint density at radius 2 is 0.517 bits per heavy atom. The average Bonchev–Trinajstić information content (AvgIpc) is 1.61. The van der Waals surface area contributed by atoms with Gasteiger partial charge in [-0.2, -0.15) is 0 Å². The summed E-state index contributed by atoms with van der Waals surface area (Å²) >= 11 is 0. The monoisotopic (exact) mass is 2030 g/mol. The van der Waals surface area contributed by atoms with Crippen LogP contribution in [0.15, 0.2) is 48.5 Å². The zero-order chi connectivity index (χ0) is 111. The third-order valence-corrected chi connectivity index (χ3v) is 31.9. The van der Waals surface area contributed by atoms with Gasteiger partial charge in [-0.05, 0) is 256 Å². The third-order valence-electron chi connectivity index (χ3n) is 31.9. The minimum absolute atomic E-state index is 0.00705. The summed E-state index contributed by atoms with van der Waals surface area (Å²) in [5.74, 6) is 5.23. The van der Waals surface area contributed by atoms with Crippen LogP contribution in [-0.2, 0) is 60.8 Å². The molecule has 9 unspecified atom stereocenters. The molecule has 830 valence electrons. The number of hydrogen-bond donors (Lipinski definition) is 0. The molecule has 2 heterocycles. The standard InChI is InChI=1S/C21H32N2O2.C20H30N2O2.4C18H32N2O2.4C2H6/c1-21(2,3)19(24)16-17-10-6-7-11-18(17)20(25)22(4)14-15-23-12-8-5-9-13-23;1-20(2,3)18(23)13-15-9-6-7-11-17(15)19(24)22(5)14-16-10-8-12-21(16)4;4*1-18(2,3)16(21)14-12-7-8-13(11-12)15(14)17(22)20(6)10-9-19(4)5;4*1-2/h6-7,10-11H,5,8-9,12-16H2,1-4H3;6-7,9,11,16H,8,10,12-14H2,1-5H3;4*12-15H,7-11H2,1-6H3;4*1-2H3/t;;4*12?,13?,14-,15+;;;;/m..1100..../s1. The number of ketones is 6. The highest BCUT2D eigenvalue weighted by molar-refractivity contribution is 6.00. The molecule has 24 nitrogen and oxygen atoms in total. The molecule has 24 heteroatoms. The van der Waals surface area contributed by atoms with E-state index in [1.165, 1.54) is 25.7 Å². The van der Waals surface area contributed by atoms with Crippen LogP contribution in [0.2, 0.25) is 0 Å². The van der Waals surface area contributed by atoms with E-state index in [0.717, 1.165) is 186 Å². The molecule has 8 saturated carbocycles. The van der Waals surface area contributed by atoms with E-state index in [9.17, 15) is 57.5 Å². The van der Waals surface area contributed by atoms with Gasteiger partial charge in [-0.25, -0.2) is 0 Å². The van der Waals surface area contributed by atoms with E-state index in [-0.39, 0.29) is 116 Å². The van der Waals surface area contributed by atoms with Gasteiger partial charge in [0.15, 0.2) is 0 Å². The summed E-state index contributed by atoms with van der Waals surface area (Å²) < 4.78 is 0. The molecule has 0 radical (unpaired) electrons. The van der Waals surface area contributed by atoms with Crippen LogP contribution in [0.5, 0.6) is 0 Å². The summed E-state index contributed by atoms with van der Waals surface area (Å²) in [5, 5.41) is 0. The highest BCUT2D eigenvalue weighted by Gasteiger charge is 2.60. The summed E-state index contributed by atoms with van der Waals surface area (Å²) in [7, 11) is 29.5. The van der Waals surface area contributed by atoms with Crippen molar-refractivity contribution in [3.8, 4) is 0 Å². The van der Waals surface area contributed by atoms with E-state index in [2.05, 4.69) is 36.4 Å². The number of carbonyl (C=O) groups is 12. The van der Waals surface area contributed by atoms with E-state index in [1.54, 1.807) is 9.80 Å². The lowest BCUT2D eigenvalue weighted by Gasteiger charge is -2.35. The molecular formula is C121H214N12O12. The molecule has 2 aromatic rings. The fourth-order valence-electron chi connectivity index (χ4n) is 23.2. The van der Waals surface area contributed by atoms with Crippen molar-refractivity contribution in [2.75, 3.05) is 197 Å². The Morgan fingerprint density at radius 1 is 0.276 bits per heavy atom. The Bertz CT molecular complexity index is 4030. The highest BCUT2D eigenvalue weighted by atomic mass is 16.2. The van der Waals surface area contributed by atoms with Crippen molar-refractivity contribution < 1.29 is 57.5 Å². The zero-order valence-electron chi connectivity index (χ0n) is 100. The molecule has 0 aromatic heterocycles. The Morgan fingerprint density at radius 3 is 0.745 bits per heavy atom. The molecule has 6 amide bonds. The first-order valence-electron chi connectivity index (χ1n) is 56.4. The van der Waals surface area contributed by atoms with Gasteiger partial charge in [0.1, 0.15) is 34.7 Å². The van der Waals surface area contributed by atoms with Gasteiger partial charge in [-0.15, -0.1) is 0 Å². The Kier molecular flexibility index (Phi) is 55.0. The van der Waals surface area contributed by atoms with Gasteiger partial charge in [0.2, 0.25) is 23.6 Å². The molecule has 2 aromatic carbocycles. The summed E-state index contributed by atoms with van der Waals surface area (Å²) in [6, 6.07) is 15.4. The minimum Gasteiger partial charge on any atom is -0.344 e.